The van der Waals surface area contributed by atoms with Crippen molar-refractivity contribution in [1.82, 2.24) is 20.0 Å². The predicted molar refractivity (Wildman–Crippen MR) is 99.8 cm³/mol. The molecule has 0 unspecified atom stereocenters. The third-order valence-electron chi connectivity index (χ3n) is 4.21. The second kappa shape index (κ2) is 7.12. The second-order valence-electron chi connectivity index (χ2n) is 5.90. The normalized spacial score (nSPS) is 11.1. The molecule has 28 heavy (non-hydrogen) atoms. The molecular weight excluding hydrogens is 364 g/mol. The van der Waals surface area contributed by atoms with Gasteiger partial charge in [0.15, 0.2) is 5.75 Å². The Hall–Kier alpha value is -3.72. The van der Waals surface area contributed by atoms with Gasteiger partial charge in [0.2, 0.25) is 5.88 Å². The zero-order valence-electron chi connectivity index (χ0n) is 14.9. The van der Waals surface area contributed by atoms with Crippen molar-refractivity contribution in [2.75, 3.05) is 20.3 Å². The molecule has 0 aliphatic rings. The number of hydrogen-bond acceptors (Lipinski definition) is 8. The molecule has 2 aromatic heterocycles. The number of aromatic hydroxyl groups is 1. The molecule has 0 fully saturated rings. The van der Waals surface area contributed by atoms with Gasteiger partial charge in [0.1, 0.15) is 23.3 Å². The number of phenols is 1. The van der Waals surface area contributed by atoms with Crippen molar-refractivity contribution in [3.05, 3.63) is 48.2 Å². The average molecular weight is 380 g/mol. The van der Waals surface area contributed by atoms with Crippen molar-refractivity contribution >= 4 is 27.8 Å². The van der Waals surface area contributed by atoms with Gasteiger partial charge in [-0.15, -0.1) is 15.0 Å². The zero-order chi connectivity index (χ0) is 19.7. The fraction of sp³-hybridized carbons (Fsp3) is 0.158. The minimum absolute atomic E-state index is 0.0396. The summed E-state index contributed by atoms with van der Waals surface area (Å²) < 4.78 is 10.1. The fourth-order valence-corrected chi connectivity index (χ4v) is 2.89. The molecule has 0 aliphatic heterocycles. The molecule has 0 saturated carbocycles. The van der Waals surface area contributed by atoms with Crippen molar-refractivity contribution in [3.8, 4) is 17.3 Å². The van der Waals surface area contributed by atoms with Gasteiger partial charge in [-0.2, -0.15) is 0 Å². The Kier molecular flexibility index (Phi) is 4.50. The number of benzene rings is 2. The maximum atomic E-state index is 11.7. The number of aromatic nitrogens is 4. The average Bonchev–Trinajstić information content (AvgIpc) is 3.15. The number of hydrogen-bond donors (Lipinski definition) is 2. The van der Waals surface area contributed by atoms with Crippen LogP contribution in [0, 0.1) is 0 Å². The van der Waals surface area contributed by atoms with Crippen LogP contribution in [0.15, 0.2) is 42.6 Å². The number of nitrogens with zero attached hydrogens (tertiary/aromatic N) is 4. The van der Waals surface area contributed by atoms with Gasteiger partial charge in [-0.05, 0) is 36.4 Å². The van der Waals surface area contributed by atoms with Gasteiger partial charge < -0.3 is 19.7 Å². The molecule has 4 rings (SSSR count). The third kappa shape index (κ3) is 2.97. The van der Waals surface area contributed by atoms with Gasteiger partial charge in [0.25, 0.3) is 0 Å². The van der Waals surface area contributed by atoms with Crippen molar-refractivity contribution in [3.63, 3.8) is 0 Å². The number of pyridine rings is 1. The van der Waals surface area contributed by atoms with Gasteiger partial charge in [-0.25, -0.2) is 9.78 Å². The van der Waals surface area contributed by atoms with Crippen LogP contribution in [0.5, 0.6) is 11.6 Å². The molecular formula is C19H16N4O5. The second-order valence-corrected chi connectivity index (χ2v) is 5.90. The molecule has 0 bridgehead atoms. The SMILES string of the molecule is COC(=O)c1ccc2nn(-c3ccc4c(OCCO)nccc4c3O)nc2c1. The molecule has 9 heteroatoms. The molecule has 0 radical (unpaired) electrons. The summed E-state index contributed by atoms with van der Waals surface area (Å²) in [5.74, 6) is -0.190. The van der Waals surface area contributed by atoms with Crippen LogP contribution in [-0.2, 0) is 4.74 Å². The van der Waals surface area contributed by atoms with E-state index in [4.69, 9.17) is 14.6 Å². The minimum Gasteiger partial charge on any atom is -0.505 e. The first kappa shape index (κ1) is 17.7. The molecule has 0 amide bonds. The lowest BCUT2D eigenvalue weighted by atomic mass is 10.1. The molecule has 0 aliphatic carbocycles. The standard InChI is InChI=1S/C19H16N4O5/c1-27-19(26)11-2-4-14-15(10-11)22-23(21-14)16-5-3-13-12(17(16)25)6-7-20-18(13)28-9-8-24/h2-7,10,24-25H,8-9H2,1H3. The number of rotatable bonds is 5. The molecule has 4 aromatic rings. The van der Waals surface area contributed by atoms with E-state index in [1.165, 1.54) is 18.1 Å². The first-order valence-electron chi connectivity index (χ1n) is 8.42. The van der Waals surface area contributed by atoms with E-state index in [-0.39, 0.29) is 19.0 Å². The van der Waals surface area contributed by atoms with E-state index in [1.807, 2.05) is 0 Å². The number of carbonyl (C=O) groups is 1. The smallest absolute Gasteiger partial charge is 0.337 e. The van der Waals surface area contributed by atoms with E-state index >= 15 is 0 Å². The number of carbonyl (C=O) groups excluding carboxylic acids is 1. The summed E-state index contributed by atoms with van der Waals surface area (Å²) in [5.41, 5.74) is 1.78. The molecule has 0 atom stereocenters. The molecule has 142 valence electrons. The highest BCUT2D eigenvalue weighted by atomic mass is 16.5. The summed E-state index contributed by atoms with van der Waals surface area (Å²) in [5, 5.41) is 29.5. The maximum Gasteiger partial charge on any atom is 0.337 e. The molecule has 0 spiro atoms. The van der Waals surface area contributed by atoms with E-state index in [9.17, 15) is 9.90 Å². The van der Waals surface area contributed by atoms with Crippen molar-refractivity contribution < 1.29 is 24.5 Å². The molecule has 2 aromatic carbocycles. The van der Waals surface area contributed by atoms with Crippen LogP contribution in [0.1, 0.15) is 10.4 Å². The summed E-state index contributed by atoms with van der Waals surface area (Å²) in [6.07, 6.45) is 1.51. The first-order chi connectivity index (χ1) is 13.6. The Bertz CT molecular complexity index is 1190. The molecule has 2 heterocycles. The van der Waals surface area contributed by atoms with Gasteiger partial charge in [-0.3, -0.25) is 0 Å². The Morgan fingerprint density at radius 1 is 1.11 bits per heavy atom. The molecule has 2 N–H and O–H groups in total. The Morgan fingerprint density at radius 2 is 1.93 bits per heavy atom. The number of aliphatic hydroxyl groups is 1. The topological polar surface area (TPSA) is 120 Å². The van der Waals surface area contributed by atoms with E-state index < -0.39 is 5.97 Å². The summed E-state index contributed by atoms with van der Waals surface area (Å²) in [7, 11) is 1.31. The van der Waals surface area contributed by atoms with E-state index in [1.54, 1.807) is 36.4 Å². The number of methoxy groups -OCH3 is 1. The largest absolute Gasteiger partial charge is 0.505 e. The monoisotopic (exact) mass is 380 g/mol. The van der Waals surface area contributed by atoms with Crippen molar-refractivity contribution in [1.29, 1.82) is 0 Å². The van der Waals surface area contributed by atoms with Crippen LogP contribution in [0.4, 0.5) is 0 Å². The Labute approximate surface area is 158 Å². The molecule has 0 saturated heterocycles. The fourth-order valence-electron chi connectivity index (χ4n) is 2.89. The van der Waals surface area contributed by atoms with E-state index in [0.29, 0.717) is 38.9 Å². The summed E-state index contributed by atoms with van der Waals surface area (Å²) in [4.78, 5) is 17.1. The number of fused-ring (bicyclic) bond motifs is 2. The van der Waals surface area contributed by atoms with Crippen LogP contribution >= 0.6 is 0 Å². The Morgan fingerprint density at radius 3 is 2.71 bits per heavy atom. The highest BCUT2D eigenvalue weighted by Crippen LogP contribution is 2.34. The lowest BCUT2D eigenvalue weighted by Gasteiger charge is -2.10. The number of phenolic OH excluding ortho intramolecular Hbond substituents is 1. The number of ether oxygens (including phenoxy) is 2. The minimum atomic E-state index is -0.465. The maximum absolute atomic E-state index is 11.7. The third-order valence-corrected chi connectivity index (χ3v) is 4.21. The van der Waals surface area contributed by atoms with Crippen LogP contribution in [0.3, 0.4) is 0 Å². The highest BCUT2D eigenvalue weighted by Gasteiger charge is 2.15. The summed E-state index contributed by atoms with van der Waals surface area (Å²) in [6.45, 7) is -0.0389. The number of esters is 1. The zero-order valence-corrected chi connectivity index (χ0v) is 14.9. The van der Waals surface area contributed by atoms with Gasteiger partial charge in [-0.1, -0.05) is 0 Å². The summed E-state index contributed by atoms with van der Waals surface area (Å²) >= 11 is 0. The van der Waals surface area contributed by atoms with Gasteiger partial charge >= 0.3 is 5.97 Å². The first-order valence-corrected chi connectivity index (χ1v) is 8.42. The summed E-state index contributed by atoms with van der Waals surface area (Å²) in [6, 6.07) is 9.87. The van der Waals surface area contributed by atoms with E-state index in [2.05, 4.69) is 15.2 Å². The van der Waals surface area contributed by atoms with Crippen LogP contribution < -0.4 is 4.74 Å². The predicted octanol–water partition coefficient (Wildman–Crippen LogP) is 1.83. The van der Waals surface area contributed by atoms with Crippen molar-refractivity contribution in [2.24, 2.45) is 0 Å². The number of aliphatic hydroxyl groups excluding tert-OH is 1. The van der Waals surface area contributed by atoms with Crippen LogP contribution in [0.2, 0.25) is 0 Å². The van der Waals surface area contributed by atoms with E-state index in [0.717, 1.165) is 0 Å². The quantitative estimate of drug-likeness (QED) is 0.503. The van der Waals surface area contributed by atoms with Crippen LogP contribution in [0.25, 0.3) is 27.5 Å². The van der Waals surface area contributed by atoms with Gasteiger partial charge in [0, 0.05) is 17.0 Å². The molecule has 9 nitrogen and oxygen atoms in total. The highest BCUT2D eigenvalue weighted by molar-refractivity contribution is 5.95. The van der Waals surface area contributed by atoms with Gasteiger partial charge in [0.05, 0.1) is 19.3 Å². The Balaban J connectivity index is 1.80. The van der Waals surface area contributed by atoms with Crippen molar-refractivity contribution in [2.45, 2.75) is 0 Å². The lowest BCUT2D eigenvalue weighted by molar-refractivity contribution is 0.0601. The lowest BCUT2D eigenvalue weighted by Crippen LogP contribution is -2.04. The van der Waals surface area contributed by atoms with Crippen LogP contribution in [-0.4, -0.2) is 56.5 Å².